The van der Waals surface area contributed by atoms with Crippen LogP contribution in [0.2, 0.25) is 0 Å². The minimum atomic E-state index is -1.18. The highest BCUT2D eigenvalue weighted by molar-refractivity contribution is 5.86. The molecule has 1 aromatic heterocycles. The zero-order chi connectivity index (χ0) is 22.3. The van der Waals surface area contributed by atoms with Crippen LogP contribution >= 0.6 is 0 Å². The fraction of sp³-hybridized carbons (Fsp3) is 0.476. The van der Waals surface area contributed by atoms with E-state index < -0.39 is 42.2 Å². The average Bonchev–Trinajstić information content (AvgIpc) is 3.22. The van der Waals surface area contributed by atoms with Gasteiger partial charge in [0.1, 0.15) is 24.1 Å². The molecule has 2 heterocycles. The molecule has 0 radical (unpaired) electrons. The van der Waals surface area contributed by atoms with Gasteiger partial charge in [-0.3, -0.25) is 4.90 Å². The van der Waals surface area contributed by atoms with Gasteiger partial charge in [0.05, 0.1) is 6.04 Å². The summed E-state index contributed by atoms with van der Waals surface area (Å²) in [6.45, 7) is 7.81. The smallest absolute Gasteiger partial charge is 0.413 e. The number of carbonyl (C=O) groups is 2. The number of hydrogen-bond donors (Lipinski definition) is 1. The Bertz CT molecular complexity index is 932. The molecule has 1 amide bonds. The van der Waals surface area contributed by atoms with Crippen molar-refractivity contribution < 1.29 is 33.1 Å². The Balaban J connectivity index is 1.85. The highest BCUT2D eigenvalue weighted by Gasteiger charge is 2.51. The number of ether oxygens (including phenoxy) is 2. The molecule has 0 saturated carbocycles. The molecule has 0 aliphatic carbocycles. The second-order valence-electron chi connectivity index (χ2n) is 8.56. The highest BCUT2D eigenvalue weighted by atomic mass is 19.1. The van der Waals surface area contributed by atoms with Crippen LogP contribution in [0.5, 0.6) is 0 Å². The summed E-state index contributed by atoms with van der Waals surface area (Å²) in [4.78, 5) is 25.0. The van der Waals surface area contributed by atoms with Crippen LogP contribution in [0.3, 0.4) is 0 Å². The van der Waals surface area contributed by atoms with E-state index in [9.17, 15) is 14.0 Å². The predicted octanol–water partition coefficient (Wildman–Crippen LogP) is 4.42. The fourth-order valence-electron chi connectivity index (χ4n) is 3.44. The molecule has 30 heavy (non-hydrogen) atoms. The lowest BCUT2D eigenvalue weighted by Gasteiger charge is -2.34. The van der Waals surface area contributed by atoms with E-state index in [0.717, 1.165) is 0 Å². The molecule has 1 aliphatic rings. The summed E-state index contributed by atoms with van der Waals surface area (Å²) in [5.74, 6) is -0.889. The molecular weight excluding hydrogens is 395 g/mol. The van der Waals surface area contributed by atoms with E-state index >= 15 is 0 Å². The standard InChI is InChI=1S/C21H25FN2O6/c1-20(2,3)29-19(27)24-15(11-22)17(28-21(24,4)5)13-8-6-12(7-9-13)16-10-14(18(25)26)23-30-16/h6-10,15,17H,11H2,1-5H3,(H,25,26)/t15-,17-/m1/s1. The second-order valence-corrected chi connectivity index (χ2v) is 8.56. The van der Waals surface area contributed by atoms with Crippen molar-refractivity contribution in [3.8, 4) is 11.3 Å². The summed E-state index contributed by atoms with van der Waals surface area (Å²) in [7, 11) is 0. The van der Waals surface area contributed by atoms with E-state index in [-0.39, 0.29) is 5.69 Å². The van der Waals surface area contributed by atoms with E-state index in [2.05, 4.69) is 5.16 Å². The Morgan fingerprint density at radius 1 is 1.27 bits per heavy atom. The summed E-state index contributed by atoms with van der Waals surface area (Å²) >= 11 is 0. The molecule has 2 atom stereocenters. The molecule has 1 N–H and O–H groups in total. The van der Waals surface area contributed by atoms with E-state index in [1.54, 1.807) is 58.9 Å². The van der Waals surface area contributed by atoms with Crippen molar-refractivity contribution in [2.24, 2.45) is 0 Å². The number of aromatic nitrogens is 1. The molecule has 1 aromatic carbocycles. The SMILES string of the molecule is CC(C)(C)OC(=O)N1[C@H](CF)[C@@H](c2ccc(-c3cc(C(=O)O)no3)cc2)OC1(C)C. The molecule has 0 spiro atoms. The van der Waals surface area contributed by atoms with Crippen LogP contribution in [0, 0.1) is 0 Å². The van der Waals surface area contributed by atoms with Gasteiger partial charge in [0.25, 0.3) is 0 Å². The number of hydrogen-bond acceptors (Lipinski definition) is 6. The number of carbonyl (C=O) groups excluding carboxylic acids is 1. The lowest BCUT2D eigenvalue weighted by molar-refractivity contribution is -0.0797. The van der Waals surface area contributed by atoms with Gasteiger partial charge in [-0.1, -0.05) is 29.4 Å². The second kappa shape index (κ2) is 7.71. The Morgan fingerprint density at radius 2 is 1.90 bits per heavy atom. The highest BCUT2D eigenvalue weighted by Crippen LogP contribution is 2.42. The molecule has 162 valence electrons. The van der Waals surface area contributed by atoms with E-state index in [1.165, 1.54) is 11.0 Å². The molecule has 2 aromatic rings. The van der Waals surface area contributed by atoms with E-state index in [0.29, 0.717) is 16.9 Å². The van der Waals surface area contributed by atoms with Gasteiger partial charge in [-0.25, -0.2) is 14.0 Å². The molecule has 9 heteroatoms. The molecule has 1 aliphatic heterocycles. The monoisotopic (exact) mass is 420 g/mol. The molecule has 1 fully saturated rings. The maximum absolute atomic E-state index is 14.0. The van der Waals surface area contributed by atoms with E-state index in [4.69, 9.17) is 19.1 Å². The molecule has 3 rings (SSSR count). The van der Waals surface area contributed by atoms with Crippen molar-refractivity contribution in [1.82, 2.24) is 10.1 Å². The van der Waals surface area contributed by atoms with Crippen molar-refractivity contribution in [1.29, 1.82) is 0 Å². The molecule has 1 saturated heterocycles. The van der Waals surface area contributed by atoms with Crippen LogP contribution in [-0.2, 0) is 9.47 Å². The normalized spacial score (nSPS) is 20.9. The van der Waals surface area contributed by atoms with Gasteiger partial charge in [-0.15, -0.1) is 0 Å². The Labute approximate surface area is 173 Å². The van der Waals surface area contributed by atoms with Gasteiger partial charge in [-0.05, 0) is 40.2 Å². The first-order valence-electron chi connectivity index (χ1n) is 9.49. The minimum absolute atomic E-state index is 0.194. The van der Waals surface area contributed by atoms with Gasteiger partial charge >= 0.3 is 12.1 Å². The third kappa shape index (κ3) is 4.30. The number of amides is 1. The van der Waals surface area contributed by atoms with Gasteiger partial charge in [0, 0.05) is 11.6 Å². The molecule has 0 unspecified atom stereocenters. The number of rotatable bonds is 4. The maximum Gasteiger partial charge on any atom is 0.413 e. The largest absolute Gasteiger partial charge is 0.476 e. The van der Waals surface area contributed by atoms with Crippen molar-refractivity contribution in [2.75, 3.05) is 6.67 Å². The van der Waals surface area contributed by atoms with Gasteiger partial charge in [0.2, 0.25) is 0 Å². The fourth-order valence-corrected chi connectivity index (χ4v) is 3.44. The number of halogens is 1. The van der Waals surface area contributed by atoms with Crippen molar-refractivity contribution >= 4 is 12.1 Å². The topological polar surface area (TPSA) is 102 Å². The summed E-state index contributed by atoms with van der Waals surface area (Å²) in [6, 6.07) is 7.30. The van der Waals surface area contributed by atoms with Crippen molar-refractivity contribution in [3.05, 3.63) is 41.6 Å². The quantitative estimate of drug-likeness (QED) is 0.781. The van der Waals surface area contributed by atoms with Crippen molar-refractivity contribution in [3.63, 3.8) is 0 Å². The lowest BCUT2D eigenvalue weighted by Crippen LogP contribution is -2.50. The molecule has 0 bridgehead atoms. The average molecular weight is 420 g/mol. The summed E-state index contributed by atoms with van der Waals surface area (Å²) in [5.41, 5.74) is -0.709. The maximum atomic E-state index is 14.0. The summed E-state index contributed by atoms with van der Waals surface area (Å²) < 4.78 is 30.6. The molecular formula is C21H25FN2O6. The number of nitrogens with zero attached hydrogens (tertiary/aromatic N) is 2. The van der Waals surface area contributed by atoms with Crippen LogP contribution < -0.4 is 0 Å². The summed E-state index contributed by atoms with van der Waals surface area (Å²) in [5, 5.41) is 12.4. The Kier molecular flexibility index (Phi) is 5.60. The third-order valence-corrected chi connectivity index (χ3v) is 4.68. The van der Waals surface area contributed by atoms with Gasteiger partial charge in [-0.2, -0.15) is 0 Å². The predicted molar refractivity (Wildman–Crippen MR) is 105 cm³/mol. The van der Waals surface area contributed by atoms with Gasteiger partial charge < -0.3 is 19.1 Å². The third-order valence-electron chi connectivity index (χ3n) is 4.68. The zero-order valence-electron chi connectivity index (χ0n) is 17.5. The van der Waals surface area contributed by atoms with Crippen LogP contribution in [0.4, 0.5) is 9.18 Å². The Morgan fingerprint density at radius 3 is 2.40 bits per heavy atom. The first kappa shape index (κ1) is 21.8. The first-order chi connectivity index (χ1) is 13.9. The Hall–Kier alpha value is -2.94. The van der Waals surface area contributed by atoms with Crippen LogP contribution in [0.15, 0.2) is 34.9 Å². The van der Waals surface area contributed by atoms with Crippen molar-refractivity contribution in [2.45, 2.75) is 58.1 Å². The summed E-state index contributed by atoms with van der Waals surface area (Å²) in [6.07, 6.45) is -1.34. The van der Waals surface area contributed by atoms with E-state index in [1.807, 2.05) is 0 Å². The molecule has 8 nitrogen and oxygen atoms in total. The number of carboxylic acids is 1. The number of alkyl halides is 1. The first-order valence-corrected chi connectivity index (χ1v) is 9.49. The number of aromatic carboxylic acids is 1. The number of benzene rings is 1. The van der Waals surface area contributed by atoms with Crippen LogP contribution in [0.25, 0.3) is 11.3 Å². The van der Waals surface area contributed by atoms with Crippen LogP contribution in [-0.4, -0.2) is 51.3 Å². The zero-order valence-corrected chi connectivity index (χ0v) is 17.5. The lowest BCUT2D eigenvalue weighted by atomic mass is 10.0. The van der Waals surface area contributed by atoms with Gasteiger partial charge in [0.15, 0.2) is 11.5 Å². The number of carboxylic acid groups (broad SMARTS) is 1. The minimum Gasteiger partial charge on any atom is -0.476 e. The van der Waals surface area contributed by atoms with Crippen LogP contribution in [0.1, 0.15) is 56.8 Å².